The normalized spacial score (nSPS) is 12.2. The smallest absolute Gasteiger partial charge is 0.152 e. The molecule has 1 aromatic carbocycles. The molecule has 0 bridgehead atoms. The Kier molecular flexibility index (Phi) is 5.03. The summed E-state index contributed by atoms with van der Waals surface area (Å²) in [6.07, 6.45) is 7.66. The molecule has 8 heterocycles. The van der Waals surface area contributed by atoms with Crippen LogP contribution in [0.2, 0.25) is 0 Å². The summed E-state index contributed by atoms with van der Waals surface area (Å²) in [6, 6.07) is 9.48. The number of aromatic nitrogens is 4. The van der Waals surface area contributed by atoms with E-state index in [0.717, 1.165) is 20.0 Å². The number of thiophene rings is 4. The molecular weight excluding hydrogens is 625 g/mol. The predicted octanol–water partition coefficient (Wildman–Crippen LogP) is 11.0. The largest absolute Gasteiger partial charge is 0.242 e. The lowest BCUT2D eigenvalue weighted by molar-refractivity contribution is 1.36. The summed E-state index contributed by atoms with van der Waals surface area (Å²) < 4.78 is 8.17. The average Bonchev–Trinajstić information content (AvgIpc) is 3.75. The highest BCUT2D eigenvalue weighted by molar-refractivity contribution is 7.37. The molecule has 9 rings (SSSR count). The quantitative estimate of drug-likeness (QED) is 0.193. The second-order valence-electron chi connectivity index (χ2n) is 8.39. The zero-order chi connectivity index (χ0) is 24.8. The van der Waals surface area contributed by atoms with Crippen molar-refractivity contribution in [2.45, 2.75) is 0 Å². The highest BCUT2D eigenvalue weighted by atomic mass is 32.1. The van der Waals surface area contributed by atoms with Gasteiger partial charge in [-0.1, -0.05) is 0 Å². The van der Waals surface area contributed by atoms with Crippen molar-refractivity contribution < 1.29 is 0 Å². The molecular formula is C26H10N4S8. The molecule has 0 aliphatic carbocycles. The van der Waals surface area contributed by atoms with Gasteiger partial charge in [-0.05, 0) is 24.3 Å². The van der Waals surface area contributed by atoms with Gasteiger partial charge in [-0.2, -0.15) is 0 Å². The predicted molar refractivity (Wildman–Crippen MR) is 172 cm³/mol. The average molecular weight is 635 g/mol. The fourth-order valence-electron chi connectivity index (χ4n) is 4.47. The highest BCUT2D eigenvalue weighted by Gasteiger charge is 2.18. The van der Waals surface area contributed by atoms with Gasteiger partial charge >= 0.3 is 0 Å². The molecule has 0 spiro atoms. The van der Waals surface area contributed by atoms with E-state index in [9.17, 15) is 0 Å². The number of rotatable bonds is 4. The molecule has 0 atom stereocenters. The van der Waals surface area contributed by atoms with Crippen LogP contribution in [0.5, 0.6) is 0 Å². The van der Waals surface area contributed by atoms with Crippen LogP contribution in [0.25, 0.3) is 78.5 Å². The summed E-state index contributed by atoms with van der Waals surface area (Å²) >= 11 is 14.3. The maximum Gasteiger partial charge on any atom is 0.152 e. The third-order valence-electron chi connectivity index (χ3n) is 6.13. The molecule has 0 aliphatic rings. The summed E-state index contributed by atoms with van der Waals surface area (Å²) in [7, 11) is 0. The molecule has 182 valence electrons. The molecule has 0 aliphatic heterocycles. The molecule has 0 radical (unpaired) electrons. The molecule has 0 saturated heterocycles. The Labute approximate surface area is 246 Å². The van der Waals surface area contributed by atoms with Crippen LogP contribution in [0.15, 0.2) is 59.8 Å². The van der Waals surface area contributed by atoms with E-state index in [2.05, 4.69) is 44.2 Å². The van der Waals surface area contributed by atoms with E-state index in [1.165, 1.54) is 58.5 Å². The van der Waals surface area contributed by atoms with Crippen LogP contribution in [0, 0.1) is 0 Å². The molecule has 0 unspecified atom stereocenters. The summed E-state index contributed by atoms with van der Waals surface area (Å²) in [6.45, 7) is 0. The van der Waals surface area contributed by atoms with Crippen LogP contribution in [0.3, 0.4) is 0 Å². The van der Waals surface area contributed by atoms with Crippen LogP contribution in [-0.2, 0) is 0 Å². The number of hydrogen-bond donors (Lipinski definition) is 0. The summed E-state index contributed by atoms with van der Waals surface area (Å²) in [5.41, 5.74) is 0. The summed E-state index contributed by atoms with van der Waals surface area (Å²) in [4.78, 5) is 23.1. The Morgan fingerprint density at radius 1 is 0.421 bits per heavy atom. The number of thiazole rings is 4. The lowest BCUT2D eigenvalue weighted by atomic mass is 10.2. The number of nitrogens with zero attached hydrogens (tertiary/aromatic N) is 4. The topological polar surface area (TPSA) is 51.6 Å². The third kappa shape index (κ3) is 3.45. The van der Waals surface area contributed by atoms with Crippen LogP contribution >= 0.6 is 90.7 Å². The van der Waals surface area contributed by atoms with Gasteiger partial charge in [-0.15, -0.1) is 90.7 Å². The van der Waals surface area contributed by atoms with Crippen molar-refractivity contribution in [3.05, 3.63) is 59.8 Å². The summed E-state index contributed by atoms with van der Waals surface area (Å²) in [5.74, 6) is 0. The van der Waals surface area contributed by atoms with E-state index in [1.807, 2.05) is 80.9 Å². The molecule has 0 N–H and O–H groups in total. The zero-order valence-electron chi connectivity index (χ0n) is 18.8. The van der Waals surface area contributed by atoms with Crippen LogP contribution in [0.4, 0.5) is 0 Å². The van der Waals surface area contributed by atoms with E-state index in [0.29, 0.717) is 0 Å². The maximum atomic E-state index is 4.63. The lowest BCUT2D eigenvalue weighted by Crippen LogP contribution is -1.68. The van der Waals surface area contributed by atoms with Crippen LogP contribution in [-0.4, -0.2) is 19.9 Å². The van der Waals surface area contributed by atoms with E-state index in [-0.39, 0.29) is 0 Å². The highest BCUT2D eigenvalue weighted by Crippen LogP contribution is 2.50. The van der Waals surface area contributed by atoms with Crippen molar-refractivity contribution >= 4 is 130 Å². The minimum absolute atomic E-state index is 0.989. The Morgan fingerprint density at radius 2 is 0.921 bits per heavy atom. The molecule has 9 aromatic rings. The second kappa shape index (κ2) is 8.54. The third-order valence-corrected chi connectivity index (χ3v) is 15.1. The fraction of sp³-hybridized carbons (Fsp3) is 0. The van der Waals surface area contributed by atoms with Gasteiger partial charge in [0.05, 0.1) is 19.2 Å². The Bertz CT molecular complexity index is 2090. The van der Waals surface area contributed by atoms with Gasteiger partial charge in [-0.25, -0.2) is 19.9 Å². The first kappa shape index (κ1) is 22.4. The molecule has 0 amide bonds. The SMILES string of the molecule is c1csc(-c2ncc(-c3cc4sc5cc6c(cc5c4s3)sc3cc(-c4cnc(-c5nccs5)s4)sc36)s2)n1. The first-order valence-electron chi connectivity index (χ1n) is 11.3. The van der Waals surface area contributed by atoms with E-state index in [1.54, 1.807) is 45.3 Å². The van der Waals surface area contributed by atoms with Crippen molar-refractivity contribution in [1.82, 2.24) is 19.9 Å². The minimum Gasteiger partial charge on any atom is -0.242 e. The van der Waals surface area contributed by atoms with Crippen molar-refractivity contribution in [2.24, 2.45) is 0 Å². The van der Waals surface area contributed by atoms with Crippen LogP contribution < -0.4 is 0 Å². The van der Waals surface area contributed by atoms with Crippen molar-refractivity contribution in [2.75, 3.05) is 0 Å². The van der Waals surface area contributed by atoms with Crippen molar-refractivity contribution in [1.29, 1.82) is 0 Å². The zero-order valence-corrected chi connectivity index (χ0v) is 25.4. The fourth-order valence-corrected chi connectivity index (χ4v) is 12.9. The van der Waals surface area contributed by atoms with Gasteiger partial charge in [0.2, 0.25) is 0 Å². The number of benzene rings is 1. The molecule has 8 aromatic heterocycles. The summed E-state index contributed by atoms with van der Waals surface area (Å²) in [5, 5.41) is 10.7. The molecule has 0 fully saturated rings. The molecule has 0 saturated carbocycles. The van der Waals surface area contributed by atoms with Gasteiger partial charge in [0.25, 0.3) is 0 Å². The Balaban J connectivity index is 1.11. The van der Waals surface area contributed by atoms with Crippen molar-refractivity contribution in [3.63, 3.8) is 0 Å². The van der Waals surface area contributed by atoms with Gasteiger partial charge < -0.3 is 0 Å². The van der Waals surface area contributed by atoms with Crippen molar-refractivity contribution in [3.8, 4) is 39.5 Å². The first-order valence-corrected chi connectivity index (χ1v) is 18.0. The molecule has 12 heteroatoms. The standard InChI is InChI=1S/C26H10N4S8/c1-3-31-23(27-1)25-29-9-19(37-25)15-7-17-21(35-15)11-5-14-12(6-13(11)33-17)22-18(34-14)8-16(36-22)20-10-30-26(38-20)24-28-2-4-32-24/h1-10H. The number of hydrogen-bond acceptors (Lipinski definition) is 12. The Morgan fingerprint density at radius 3 is 1.37 bits per heavy atom. The molecule has 4 nitrogen and oxygen atoms in total. The van der Waals surface area contributed by atoms with Gasteiger partial charge in [0.15, 0.2) is 20.0 Å². The Hall–Kier alpha value is -2.42. The van der Waals surface area contributed by atoms with Crippen LogP contribution in [0.1, 0.15) is 0 Å². The van der Waals surface area contributed by atoms with E-state index < -0.39 is 0 Å². The van der Waals surface area contributed by atoms with E-state index in [4.69, 9.17) is 0 Å². The molecule has 38 heavy (non-hydrogen) atoms. The van der Waals surface area contributed by atoms with Gasteiger partial charge in [0, 0.05) is 74.9 Å². The minimum atomic E-state index is 0.989. The van der Waals surface area contributed by atoms with Gasteiger partial charge in [-0.3, -0.25) is 0 Å². The van der Waals surface area contributed by atoms with Gasteiger partial charge in [0.1, 0.15) is 0 Å². The lowest BCUT2D eigenvalue weighted by Gasteiger charge is -1.94. The first-order chi connectivity index (χ1) is 18.8. The maximum absolute atomic E-state index is 4.63. The number of fused-ring (bicyclic) bond motifs is 6. The second-order valence-corrected chi connectivity index (χ2v) is 16.5. The monoisotopic (exact) mass is 634 g/mol. The van der Waals surface area contributed by atoms with E-state index >= 15 is 0 Å².